The molecule has 0 aliphatic carbocycles. The molecule has 2 aromatic rings. The van der Waals surface area contributed by atoms with Gasteiger partial charge in [-0.05, 0) is 39.5 Å². The van der Waals surface area contributed by atoms with Crippen molar-refractivity contribution < 1.29 is 15.0 Å². The first-order valence-electron chi connectivity index (χ1n) is 7.47. The van der Waals surface area contributed by atoms with Crippen LogP contribution in [0.4, 0.5) is 0 Å². The smallest absolute Gasteiger partial charge is 0.340 e. The van der Waals surface area contributed by atoms with Crippen LogP contribution < -0.4 is 0 Å². The topological polar surface area (TPSA) is 57.5 Å². The van der Waals surface area contributed by atoms with Crippen molar-refractivity contribution >= 4 is 16.7 Å². The van der Waals surface area contributed by atoms with E-state index in [-0.39, 0.29) is 22.1 Å². The lowest BCUT2D eigenvalue weighted by atomic mass is 9.77. The predicted molar refractivity (Wildman–Crippen MR) is 90.0 cm³/mol. The quantitative estimate of drug-likeness (QED) is 0.792. The lowest BCUT2D eigenvalue weighted by Gasteiger charge is -2.27. The highest BCUT2D eigenvalue weighted by molar-refractivity contribution is 6.07. The van der Waals surface area contributed by atoms with Crippen LogP contribution >= 0.6 is 0 Å². The lowest BCUT2D eigenvalue weighted by Crippen LogP contribution is -2.17. The second-order valence-electron chi connectivity index (χ2n) is 7.88. The van der Waals surface area contributed by atoms with Gasteiger partial charge in [0.2, 0.25) is 0 Å². The molecule has 0 aliphatic heterocycles. The minimum Gasteiger partial charge on any atom is -0.507 e. The molecule has 3 nitrogen and oxygen atoms in total. The summed E-state index contributed by atoms with van der Waals surface area (Å²) in [6, 6.07) is 7.33. The first-order chi connectivity index (χ1) is 9.93. The van der Waals surface area contributed by atoms with Crippen LogP contribution in [0.25, 0.3) is 10.8 Å². The number of carbonyl (C=O) groups is 1. The summed E-state index contributed by atoms with van der Waals surface area (Å²) in [5, 5.41) is 21.0. The predicted octanol–water partition coefficient (Wildman–Crippen LogP) is 4.84. The van der Waals surface area contributed by atoms with Gasteiger partial charge in [-0.3, -0.25) is 0 Å². The molecule has 2 rings (SSSR count). The fourth-order valence-corrected chi connectivity index (χ4v) is 2.70. The Kier molecular flexibility index (Phi) is 3.72. The van der Waals surface area contributed by atoms with E-state index in [2.05, 4.69) is 47.6 Å². The monoisotopic (exact) mass is 300 g/mol. The highest BCUT2D eigenvalue weighted by Crippen LogP contribution is 2.38. The van der Waals surface area contributed by atoms with E-state index in [1.165, 1.54) is 6.07 Å². The Morgan fingerprint density at radius 2 is 1.50 bits per heavy atom. The zero-order valence-electron chi connectivity index (χ0n) is 14.1. The summed E-state index contributed by atoms with van der Waals surface area (Å²) in [6.45, 7) is 12.6. The fraction of sp³-hybridized carbons (Fsp3) is 0.421. The highest BCUT2D eigenvalue weighted by atomic mass is 16.4. The summed E-state index contributed by atoms with van der Waals surface area (Å²) in [5.74, 6) is -1.29. The van der Waals surface area contributed by atoms with E-state index >= 15 is 0 Å². The molecule has 0 unspecified atom stereocenters. The third-order valence-corrected chi connectivity index (χ3v) is 4.00. The van der Waals surface area contributed by atoms with E-state index < -0.39 is 5.97 Å². The van der Waals surface area contributed by atoms with Gasteiger partial charge in [-0.15, -0.1) is 0 Å². The fourth-order valence-electron chi connectivity index (χ4n) is 2.70. The SMILES string of the molecule is CC(C)(C)c1cc(C(C)(C)C)c2ccc(O)c(C(=O)O)c2c1. The largest absolute Gasteiger partial charge is 0.507 e. The van der Waals surface area contributed by atoms with Crippen molar-refractivity contribution in [3.8, 4) is 5.75 Å². The van der Waals surface area contributed by atoms with Crippen molar-refractivity contribution in [2.45, 2.75) is 52.4 Å². The van der Waals surface area contributed by atoms with Crippen LogP contribution in [0.15, 0.2) is 24.3 Å². The Bertz CT molecular complexity index is 744. The van der Waals surface area contributed by atoms with Crippen molar-refractivity contribution in [2.75, 3.05) is 0 Å². The third kappa shape index (κ3) is 2.80. The Hall–Kier alpha value is -2.03. The Morgan fingerprint density at radius 3 is 1.95 bits per heavy atom. The number of aromatic carboxylic acids is 1. The summed E-state index contributed by atoms with van der Waals surface area (Å²) >= 11 is 0. The van der Waals surface area contributed by atoms with Crippen molar-refractivity contribution in [3.63, 3.8) is 0 Å². The summed E-state index contributed by atoms with van der Waals surface area (Å²) < 4.78 is 0. The molecule has 2 N–H and O–H groups in total. The molecule has 3 heteroatoms. The standard InChI is InChI=1S/C19H24O3/c1-18(2,3)11-9-13-12(14(10-11)19(4,5)6)7-8-15(20)16(13)17(21)22/h7-10,20H,1-6H3,(H,21,22). The molecule has 0 fully saturated rings. The van der Waals surface area contributed by atoms with E-state index in [1.54, 1.807) is 0 Å². The molecule has 0 heterocycles. The van der Waals surface area contributed by atoms with Crippen LogP contribution in [0.5, 0.6) is 5.75 Å². The van der Waals surface area contributed by atoms with E-state index in [9.17, 15) is 15.0 Å². The molecule has 0 bridgehead atoms. The number of rotatable bonds is 1. The Labute approximate surface area is 131 Å². The molecule has 0 spiro atoms. The number of fused-ring (bicyclic) bond motifs is 1. The number of carboxylic acids is 1. The van der Waals surface area contributed by atoms with Crippen molar-refractivity contribution in [1.82, 2.24) is 0 Å². The van der Waals surface area contributed by atoms with Crippen LogP contribution in [0.1, 0.15) is 63.0 Å². The first-order valence-corrected chi connectivity index (χ1v) is 7.47. The maximum atomic E-state index is 11.6. The van der Waals surface area contributed by atoms with Crippen molar-refractivity contribution in [1.29, 1.82) is 0 Å². The maximum Gasteiger partial charge on any atom is 0.340 e. The average molecular weight is 300 g/mol. The minimum atomic E-state index is -1.10. The van der Waals surface area contributed by atoms with Gasteiger partial charge in [0.1, 0.15) is 11.3 Å². The molecule has 0 atom stereocenters. The number of carboxylic acid groups (broad SMARTS) is 1. The van der Waals surface area contributed by atoms with Crippen LogP contribution in [0.3, 0.4) is 0 Å². The van der Waals surface area contributed by atoms with E-state index in [0.717, 1.165) is 16.5 Å². The highest BCUT2D eigenvalue weighted by Gasteiger charge is 2.25. The molecular weight excluding hydrogens is 276 g/mol. The van der Waals surface area contributed by atoms with E-state index in [4.69, 9.17) is 0 Å². The Balaban J connectivity index is 3.02. The lowest BCUT2D eigenvalue weighted by molar-refractivity contribution is 0.0696. The van der Waals surface area contributed by atoms with Gasteiger partial charge in [0.25, 0.3) is 0 Å². The van der Waals surface area contributed by atoms with Gasteiger partial charge < -0.3 is 10.2 Å². The zero-order valence-corrected chi connectivity index (χ0v) is 14.1. The summed E-state index contributed by atoms with van der Waals surface area (Å²) in [5.41, 5.74) is 1.92. The molecule has 2 aromatic carbocycles. The molecule has 0 amide bonds. The van der Waals surface area contributed by atoms with Gasteiger partial charge in [-0.1, -0.05) is 53.7 Å². The van der Waals surface area contributed by atoms with Gasteiger partial charge in [-0.25, -0.2) is 4.79 Å². The second-order valence-corrected chi connectivity index (χ2v) is 7.88. The van der Waals surface area contributed by atoms with Crippen LogP contribution in [0.2, 0.25) is 0 Å². The first kappa shape index (κ1) is 16.3. The van der Waals surface area contributed by atoms with E-state index in [1.807, 2.05) is 12.1 Å². The molecule has 0 aromatic heterocycles. The Morgan fingerprint density at radius 1 is 0.909 bits per heavy atom. The van der Waals surface area contributed by atoms with Gasteiger partial charge in [0.05, 0.1) is 0 Å². The third-order valence-electron chi connectivity index (χ3n) is 4.00. The summed E-state index contributed by atoms with van der Waals surface area (Å²) in [4.78, 5) is 11.6. The number of hydrogen-bond donors (Lipinski definition) is 2. The zero-order chi connectivity index (χ0) is 16.9. The summed E-state index contributed by atoms with van der Waals surface area (Å²) in [6.07, 6.45) is 0. The van der Waals surface area contributed by atoms with Crippen LogP contribution in [-0.2, 0) is 10.8 Å². The molecule has 0 aliphatic rings. The number of hydrogen-bond acceptors (Lipinski definition) is 2. The average Bonchev–Trinajstić information content (AvgIpc) is 2.34. The normalized spacial score (nSPS) is 12.6. The van der Waals surface area contributed by atoms with Crippen LogP contribution in [-0.4, -0.2) is 16.2 Å². The van der Waals surface area contributed by atoms with Crippen molar-refractivity contribution in [3.05, 3.63) is 41.0 Å². The molecule has 0 saturated carbocycles. The van der Waals surface area contributed by atoms with Crippen LogP contribution in [0, 0.1) is 0 Å². The number of phenols is 1. The van der Waals surface area contributed by atoms with E-state index in [0.29, 0.717) is 5.39 Å². The minimum absolute atomic E-state index is 0.0194. The number of aromatic hydroxyl groups is 1. The molecule has 0 radical (unpaired) electrons. The molecule has 118 valence electrons. The van der Waals surface area contributed by atoms with Crippen molar-refractivity contribution in [2.24, 2.45) is 0 Å². The number of benzene rings is 2. The summed E-state index contributed by atoms with van der Waals surface area (Å²) in [7, 11) is 0. The maximum absolute atomic E-state index is 11.6. The molecular formula is C19H24O3. The van der Waals surface area contributed by atoms with Gasteiger partial charge >= 0.3 is 5.97 Å². The van der Waals surface area contributed by atoms with Gasteiger partial charge in [0, 0.05) is 5.39 Å². The van der Waals surface area contributed by atoms with Gasteiger partial charge in [-0.2, -0.15) is 0 Å². The molecule has 22 heavy (non-hydrogen) atoms. The molecule has 0 saturated heterocycles. The second kappa shape index (κ2) is 5.01. The van der Waals surface area contributed by atoms with Gasteiger partial charge in [0.15, 0.2) is 0 Å².